The highest BCUT2D eigenvalue weighted by atomic mass is 16.7. The standard InChI is InChI=1S/C12H17NO4/c1-15-8-9-17-13-12(14)11(16-2)10-6-4-3-5-7-10/h3-7,11H,8-9H2,1-2H3,(H,13,14). The second kappa shape index (κ2) is 7.78. The number of methoxy groups -OCH3 is 2. The number of hydrogen-bond donors (Lipinski definition) is 1. The molecule has 0 saturated heterocycles. The van der Waals surface area contributed by atoms with Crippen LogP contribution >= 0.6 is 0 Å². The van der Waals surface area contributed by atoms with E-state index in [1.165, 1.54) is 7.11 Å². The molecule has 1 N–H and O–H groups in total. The Morgan fingerprint density at radius 1 is 1.24 bits per heavy atom. The molecule has 0 fully saturated rings. The first-order chi connectivity index (χ1) is 8.29. The van der Waals surface area contributed by atoms with Crippen LogP contribution in [0.1, 0.15) is 11.7 Å². The third-order valence-electron chi connectivity index (χ3n) is 2.14. The molecule has 17 heavy (non-hydrogen) atoms. The molecule has 1 rings (SSSR count). The van der Waals surface area contributed by atoms with Crippen molar-refractivity contribution in [1.82, 2.24) is 5.48 Å². The molecular weight excluding hydrogens is 222 g/mol. The van der Waals surface area contributed by atoms with Gasteiger partial charge in [-0.3, -0.25) is 9.63 Å². The monoisotopic (exact) mass is 239 g/mol. The molecule has 0 spiro atoms. The molecule has 0 bridgehead atoms. The molecule has 0 radical (unpaired) electrons. The Bertz CT molecular complexity index is 329. The van der Waals surface area contributed by atoms with E-state index in [4.69, 9.17) is 14.3 Å². The summed E-state index contributed by atoms with van der Waals surface area (Å²) in [5.41, 5.74) is 3.10. The molecule has 1 amide bonds. The van der Waals surface area contributed by atoms with Crippen LogP contribution in [0, 0.1) is 0 Å². The van der Waals surface area contributed by atoms with E-state index in [1.54, 1.807) is 7.11 Å². The Kier molecular flexibility index (Phi) is 6.24. The maximum atomic E-state index is 11.7. The predicted molar refractivity (Wildman–Crippen MR) is 62.2 cm³/mol. The summed E-state index contributed by atoms with van der Waals surface area (Å²) in [5, 5.41) is 0. The first-order valence-electron chi connectivity index (χ1n) is 5.28. The maximum absolute atomic E-state index is 11.7. The number of nitrogens with one attached hydrogen (secondary N) is 1. The van der Waals surface area contributed by atoms with Gasteiger partial charge < -0.3 is 9.47 Å². The summed E-state index contributed by atoms with van der Waals surface area (Å²) in [6.07, 6.45) is -0.668. The van der Waals surface area contributed by atoms with Gasteiger partial charge >= 0.3 is 0 Å². The van der Waals surface area contributed by atoms with Crippen molar-refractivity contribution in [3.05, 3.63) is 35.9 Å². The van der Waals surface area contributed by atoms with Crippen molar-refractivity contribution < 1.29 is 19.1 Å². The average Bonchev–Trinajstić information content (AvgIpc) is 2.37. The van der Waals surface area contributed by atoms with E-state index in [0.29, 0.717) is 13.2 Å². The minimum Gasteiger partial charge on any atom is -0.382 e. The Labute approximate surface area is 101 Å². The minimum absolute atomic E-state index is 0.299. The fraction of sp³-hybridized carbons (Fsp3) is 0.417. The zero-order chi connectivity index (χ0) is 12.5. The van der Waals surface area contributed by atoms with Crippen LogP contribution in [0.5, 0.6) is 0 Å². The van der Waals surface area contributed by atoms with E-state index in [1.807, 2.05) is 30.3 Å². The number of carbonyl (C=O) groups excluding carboxylic acids is 1. The van der Waals surface area contributed by atoms with Crippen molar-refractivity contribution in [1.29, 1.82) is 0 Å². The second-order valence-electron chi connectivity index (χ2n) is 3.33. The van der Waals surface area contributed by atoms with Crippen LogP contribution < -0.4 is 5.48 Å². The number of benzene rings is 1. The first-order valence-corrected chi connectivity index (χ1v) is 5.28. The van der Waals surface area contributed by atoms with Gasteiger partial charge in [0.15, 0.2) is 6.10 Å². The van der Waals surface area contributed by atoms with E-state index in [2.05, 4.69) is 5.48 Å². The highest BCUT2D eigenvalue weighted by Crippen LogP contribution is 2.15. The van der Waals surface area contributed by atoms with E-state index in [9.17, 15) is 4.79 Å². The van der Waals surface area contributed by atoms with Gasteiger partial charge in [0.1, 0.15) is 0 Å². The van der Waals surface area contributed by atoms with Gasteiger partial charge in [0.2, 0.25) is 0 Å². The number of hydroxylamine groups is 1. The van der Waals surface area contributed by atoms with Crippen molar-refractivity contribution in [2.45, 2.75) is 6.10 Å². The molecule has 1 atom stereocenters. The van der Waals surface area contributed by atoms with Gasteiger partial charge in [0, 0.05) is 14.2 Å². The van der Waals surface area contributed by atoms with Gasteiger partial charge in [-0.05, 0) is 5.56 Å². The van der Waals surface area contributed by atoms with Crippen LogP contribution in [-0.2, 0) is 19.1 Å². The molecule has 1 unspecified atom stereocenters. The molecule has 0 aromatic heterocycles. The van der Waals surface area contributed by atoms with Crippen molar-refractivity contribution in [3.8, 4) is 0 Å². The van der Waals surface area contributed by atoms with Gasteiger partial charge in [0.25, 0.3) is 5.91 Å². The van der Waals surface area contributed by atoms with Crippen molar-refractivity contribution in [2.24, 2.45) is 0 Å². The number of amides is 1. The van der Waals surface area contributed by atoms with Gasteiger partial charge in [0.05, 0.1) is 13.2 Å². The Hall–Kier alpha value is -1.43. The summed E-state index contributed by atoms with van der Waals surface area (Å²) >= 11 is 0. The molecule has 1 aromatic rings. The normalized spacial score (nSPS) is 12.1. The molecule has 0 aliphatic carbocycles. The summed E-state index contributed by atoms with van der Waals surface area (Å²) in [7, 11) is 3.04. The third-order valence-corrected chi connectivity index (χ3v) is 2.14. The van der Waals surface area contributed by atoms with Gasteiger partial charge in [-0.2, -0.15) is 0 Å². The summed E-state index contributed by atoms with van der Waals surface area (Å²) in [4.78, 5) is 16.7. The lowest BCUT2D eigenvalue weighted by Crippen LogP contribution is -2.31. The number of ether oxygens (including phenoxy) is 2. The molecular formula is C12H17NO4. The molecule has 5 nitrogen and oxygen atoms in total. The Morgan fingerprint density at radius 3 is 2.53 bits per heavy atom. The van der Waals surface area contributed by atoms with Crippen LogP contribution in [0.4, 0.5) is 0 Å². The van der Waals surface area contributed by atoms with Crippen LogP contribution in [0.2, 0.25) is 0 Å². The third kappa shape index (κ3) is 4.52. The smallest absolute Gasteiger partial charge is 0.277 e. The van der Waals surface area contributed by atoms with Crippen LogP contribution in [0.15, 0.2) is 30.3 Å². The summed E-state index contributed by atoms with van der Waals surface area (Å²) in [5.74, 6) is -0.338. The highest BCUT2D eigenvalue weighted by molar-refractivity contribution is 5.81. The first kappa shape index (κ1) is 13.6. The molecule has 0 heterocycles. The van der Waals surface area contributed by atoms with Crippen molar-refractivity contribution in [3.63, 3.8) is 0 Å². The number of carbonyl (C=O) groups is 1. The fourth-order valence-corrected chi connectivity index (χ4v) is 1.32. The van der Waals surface area contributed by atoms with E-state index in [-0.39, 0.29) is 5.91 Å². The molecule has 0 saturated carbocycles. The Morgan fingerprint density at radius 2 is 1.94 bits per heavy atom. The molecule has 0 aliphatic rings. The molecule has 1 aromatic carbocycles. The van der Waals surface area contributed by atoms with Crippen molar-refractivity contribution in [2.75, 3.05) is 27.4 Å². The van der Waals surface area contributed by atoms with Crippen LogP contribution in [0.3, 0.4) is 0 Å². The molecule has 0 aliphatic heterocycles. The fourth-order valence-electron chi connectivity index (χ4n) is 1.32. The van der Waals surface area contributed by atoms with E-state index >= 15 is 0 Å². The molecule has 5 heteroatoms. The summed E-state index contributed by atoms with van der Waals surface area (Å²) < 4.78 is 9.92. The summed E-state index contributed by atoms with van der Waals surface area (Å²) in [6.45, 7) is 0.719. The zero-order valence-corrected chi connectivity index (χ0v) is 10.0. The quantitative estimate of drug-likeness (QED) is 0.571. The van der Waals surface area contributed by atoms with E-state index in [0.717, 1.165) is 5.56 Å². The Balaban J connectivity index is 2.48. The molecule has 94 valence electrons. The second-order valence-corrected chi connectivity index (χ2v) is 3.33. The number of rotatable bonds is 7. The van der Waals surface area contributed by atoms with Gasteiger partial charge in [-0.25, -0.2) is 5.48 Å². The van der Waals surface area contributed by atoms with Crippen molar-refractivity contribution >= 4 is 5.91 Å². The lowest BCUT2D eigenvalue weighted by molar-refractivity contribution is -0.145. The van der Waals surface area contributed by atoms with E-state index < -0.39 is 6.10 Å². The van der Waals surface area contributed by atoms with Crippen LogP contribution in [-0.4, -0.2) is 33.3 Å². The maximum Gasteiger partial charge on any atom is 0.277 e. The SMILES string of the molecule is COCCONC(=O)C(OC)c1ccccc1. The van der Waals surface area contributed by atoms with Crippen LogP contribution in [0.25, 0.3) is 0 Å². The predicted octanol–water partition coefficient (Wildman–Crippen LogP) is 1.07. The lowest BCUT2D eigenvalue weighted by atomic mass is 10.1. The number of hydrogen-bond acceptors (Lipinski definition) is 4. The largest absolute Gasteiger partial charge is 0.382 e. The zero-order valence-electron chi connectivity index (χ0n) is 10.0. The minimum atomic E-state index is -0.668. The highest BCUT2D eigenvalue weighted by Gasteiger charge is 2.19. The van der Waals surface area contributed by atoms with Gasteiger partial charge in [-0.15, -0.1) is 0 Å². The topological polar surface area (TPSA) is 56.8 Å². The lowest BCUT2D eigenvalue weighted by Gasteiger charge is -2.15. The average molecular weight is 239 g/mol. The van der Waals surface area contributed by atoms with Gasteiger partial charge in [-0.1, -0.05) is 30.3 Å². The summed E-state index contributed by atoms with van der Waals surface area (Å²) in [6, 6.07) is 9.22.